The summed E-state index contributed by atoms with van der Waals surface area (Å²) < 4.78 is 39.0. The van der Waals surface area contributed by atoms with Crippen molar-refractivity contribution in [2.45, 2.75) is 63.6 Å². The van der Waals surface area contributed by atoms with Gasteiger partial charge in [-0.1, -0.05) is 38.8 Å². The Morgan fingerprint density at radius 3 is 2.68 bits per heavy atom. The summed E-state index contributed by atoms with van der Waals surface area (Å²) in [5.74, 6) is 1.01. The number of sulfone groups is 1. The highest BCUT2D eigenvalue weighted by molar-refractivity contribution is 7.90. The van der Waals surface area contributed by atoms with E-state index in [1.807, 2.05) is 6.92 Å². The van der Waals surface area contributed by atoms with E-state index in [0.29, 0.717) is 10.6 Å². The Balaban J connectivity index is 1.53. The average Bonchev–Trinajstić information content (AvgIpc) is 3.20. The monoisotopic (exact) mass is 546 g/mol. The lowest BCUT2D eigenvalue weighted by Crippen LogP contribution is -2.53. The largest absolute Gasteiger partial charge is 0.392 e. The van der Waals surface area contributed by atoms with Gasteiger partial charge in [-0.2, -0.15) is 0 Å². The second kappa shape index (κ2) is 10.5. The van der Waals surface area contributed by atoms with Crippen LogP contribution in [0.1, 0.15) is 60.7 Å². The Kier molecular flexibility index (Phi) is 7.85. The van der Waals surface area contributed by atoms with Gasteiger partial charge in [0.05, 0.1) is 24.1 Å². The summed E-state index contributed by atoms with van der Waals surface area (Å²) in [5.41, 5.74) is 1.25. The first-order valence-corrected chi connectivity index (χ1v) is 15.3. The van der Waals surface area contributed by atoms with E-state index >= 15 is 0 Å². The van der Waals surface area contributed by atoms with Crippen LogP contribution in [0.15, 0.2) is 24.3 Å². The number of fused-ring (bicyclic) bond motifs is 2. The summed E-state index contributed by atoms with van der Waals surface area (Å²) in [6, 6.07) is 5.50. The number of carbonyl (C=O) groups excluding carboxylic acids is 1. The van der Waals surface area contributed by atoms with Crippen LogP contribution in [0.4, 0.5) is 4.39 Å². The minimum absolute atomic E-state index is 0.0583. The summed E-state index contributed by atoms with van der Waals surface area (Å²) in [7, 11) is -1.80. The van der Waals surface area contributed by atoms with E-state index in [2.05, 4.69) is 19.8 Å². The molecule has 2 aliphatic rings. The maximum atomic E-state index is 13.2. The zero-order valence-electron chi connectivity index (χ0n) is 21.8. The molecule has 1 aromatic carbocycles. The Morgan fingerprint density at radius 2 is 2.03 bits per heavy atom. The van der Waals surface area contributed by atoms with Crippen LogP contribution in [0.25, 0.3) is 0 Å². The molecule has 1 N–H and O–H groups in total. The fourth-order valence-corrected chi connectivity index (χ4v) is 9.66. The first kappa shape index (κ1) is 27.7. The van der Waals surface area contributed by atoms with Crippen LogP contribution in [0.5, 0.6) is 0 Å². The highest BCUT2D eigenvalue weighted by Gasteiger charge is 2.54. The second-order valence-electron chi connectivity index (χ2n) is 11.1. The highest BCUT2D eigenvalue weighted by atomic mass is 32.2. The van der Waals surface area contributed by atoms with E-state index < -0.39 is 21.8 Å². The number of hydrogen-bond donors (Lipinski definition) is 1. The maximum Gasteiger partial charge on any atom is 0.226 e. The van der Waals surface area contributed by atoms with Crippen molar-refractivity contribution in [1.29, 1.82) is 0 Å². The number of nitrogens with zero attached hydrogens (tertiary/aromatic N) is 2. The van der Waals surface area contributed by atoms with Gasteiger partial charge in [0.25, 0.3) is 0 Å². The van der Waals surface area contributed by atoms with Gasteiger partial charge >= 0.3 is 0 Å². The van der Waals surface area contributed by atoms with E-state index in [0.717, 1.165) is 29.8 Å². The fourth-order valence-electron chi connectivity index (χ4n) is 6.48. The first-order valence-electron chi connectivity index (χ1n) is 12.6. The third-order valence-electron chi connectivity index (χ3n) is 8.35. The van der Waals surface area contributed by atoms with Gasteiger partial charge in [0, 0.05) is 23.8 Å². The summed E-state index contributed by atoms with van der Waals surface area (Å²) >= 11 is 1.44. The van der Waals surface area contributed by atoms with Crippen LogP contribution in [0.2, 0.25) is 0 Å². The SMILES string of the molecule is C#CCN(C)C(=O)[C@@H](C)[C@@H]1CC[C@@]2(C)Cc3sc(CS(=O)(=O)Cc4ccc(F)cc4)nc3[C@@H](C)[C@@H]2[C@H]1O. The molecule has 0 spiro atoms. The van der Waals surface area contributed by atoms with E-state index in [1.165, 1.54) is 40.5 Å². The van der Waals surface area contributed by atoms with Crippen LogP contribution in [-0.4, -0.2) is 49.0 Å². The standard InChI is InChI=1S/C28H35FN2O4S2/c1-6-13-31(5)27(33)17(2)21-11-12-28(4)14-22-25(18(3)24(28)26(21)32)30-23(36-22)16-37(34,35)15-19-7-9-20(29)10-8-19/h1,7-10,17-18,21,24,26,32H,11-16H2,2-5H3/t17-,18-,21-,24+,26-,28-/m0/s1. The van der Waals surface area contributed by atoms with Crippen LogP contribution < -0.4 is 0 Å². The predicted octanol–water partition coefficient (Wildman–Crippen LogP) is 4.18. The minimum atomic E-state index is -3.49. The minimum Gasteiger partial charge on any atom is -0.392 e. The number of benzene rings is 1. The number of aliphatic hydroxyl groups is 1. The molecule has 0 unspecified atom stereocenters. The number of terminal acetylenes is 1. The number of halogens is 1. The van der Waals surface area contributed by atoms with Gasteiger partial charge < -0.3 is 10.0 Å². The maximum absolute atomic E-state index is 13.2. The molecule has 6 atom stereocenters. The quantitative estimate of drug-likeness (QED) is 0.527. The van der Waals surface area contributed by atoms with E-state index in [9.17, 15) is 22.7 Å². The highest BCUT2D eigenvalue weighted by Crippen LogP contribution is 2.57. The Hall–Kier alpha value is -2.28. The van der Waals surface area contributed by atoms with Crippen molar-refractivity contribution >= 4 is 27.1 Å². The van der Waals surface area contributed by atoms with Crippen molar-refractivity contribution in [2.75, 3.05) is 13.6 Å². The molecule has 1 amide bonds. The Bertz CT molecular complexity index is 1300. The Morgan fingerprint density at radius 1 is 1.35 bits per heavy atom. The number of aromatic nitrogens is 1. The summed E-state index contributed by atoms with van der Waals surface area (Å²) in [6.45, 7) is 6.36. The van der Waals surface area contributed by atoms with Gasteiger partial charge in [-0.25, -0.2) is 17.8 Å². The van der Waals surface area contributed by atoms with Gasteiger partial charge in [0.2, 0.25) is 5.91 Å². The topological polar surface area (TPSA) is 87.6 Å². The van der Waals surface area contributed by atoms with E-state index in [4.69, 9.17) is 11.4 Å². The summed E-state index contributed by atoms with van der Waals surface area (Å²) in [4.78, 5) is 20.3. The molecule has 2 aliphatic carbocycles. The molecule has 1 heterocycles. The van der Waals surface area contributed by atoms with E-state index in [1.54, 1.807) is 7.05 Å². The number of amides is 1. The molecule has 37 heavy (non-hydrogen) atoms. The van der Waals surface area contributed by atoms with Crippen LogP contribution in [-0.2, 0) is 32.6 Å². The second-order valence-corrected chi connectivity index (χ2v) is 14.3. The molecule has 1 aromatic heterocycles. The molecule has 4 rings (SSSR count). The molecule has 1 fully saturated rings. The van der Waals surface area contributed by atoms with Crippen molar-refractivity contribution < 1.29 is 22.7 Å². The number of rotatable bonds is 7. The van der Waals surface area contributed by atoms with Crippen LogP contribution >= 0.6 is 11.3 Å². The van der Waals surface area contributed by atoms with Crippen molar-refractivity contribution in [2.24, 2.45) is 23.2 Å². The molecular formula is C28H35FN2O4S2. The lowest BCUT2D eigenvalue weighted by atomic mass is 9.53. The van der Waals surface area contributed by atoms with Gasteiger partial charge in [-0.3, -0.25) is 4.79 Å². The van der Waals surface area contributed by atoms with Crippen molar-refractivity contribution in [3.8, 4) is 12.3 Å². The molecule has 9 heteroatoms. The number of hydrogen-bond acceptors (Lipinski definition) is 6. The smallest absolute Gasteiger partial charge is 0.226 e. The number of carbonyl (C=O) groups is 1. The molecule has 1 saturated carbocycles. The molecule has 0 bridgehead atoms. The first-order chi connectivity index (χ1) is 17.3. The molecule has 200 valence electrons. The number of aliphatic hydroxyl groups excluding tert-OH is 1. The average molecular weight is 547 g/mol. The van der Waals surface area contributed by atoms with Crippen molar-refractivity contribution in [3.63, 3.8) is 0 Å². The summed E-state index contributed by atoms with van der Waals surface area (Å²) in [6.07, 6.45) is 7.05. The Labute approximate surface area is 223 Å². The normalized spacial score (nSPS) is 28.0. The molecular weight excluding hydrogens is 511 g/mol. The van der Waals surface area contributed by atoms with Gasteiger partial charge in [0.15, 0.2) is 9.84 Å². The molecule has 0 saturated heterocycles. The molecule has 0 radical (unpaired) electrons. The molecule has 6 nitrogen and oxygen atoms in total. The van der Waals surface area contributed by atoms with Gasteiger partial charge in [-0.15, -0.1) is 17.8 Å². The zero-order valence-corrected chi connectivity index (χ0v) is 23.4. The molecule has 2 aromatic rings. The lowest BCUT2D eigenvalue weighted by Gasteiger charge is -2.53. The van der Waals surface area contributed by atoms with Crippen molar-refractivity contribution in [1.82, 2.24) is 9.88 Å². The predicted molar refractivity (Wildman–Crippen MR) is 143 cm³/mol. The van der Waals surface area contributed by atoms with Crippen molar-refractivity contribution in [3.05, 3.63) is 51.2 Å². The number of thiazole rings is 1. The third-order valence-corrected chi connectivity index (χ3v) is 11.1. The van der Waals surface area contributed by atoms with E-state index in [-0.39, 0.29) is 53.0 Å². The van der Waals surface area contributed by atoms with Crippen LogP contribution in [0.3, 0.4) is 0 Å². The van der Waals surface area contributed by atoms with Crippen LogP contribution in [0, 0.1) is 41.3 Å². The van der Waals surface area contributed by atoms with Gasteiger partial charge in [0.1, 0.15) is 16.6 Å². The third kappa shape index (κ3) is 5.62. The lowest BCUT2D eigenvalue weighted by molar-refractivity contribution is -0.142. The fraction of sp³-hybridized carbons (Fsp3) is 0.571. The molecule has 0 aliphatic heterocycles. The van der Waals surface area contributed by atoms with Gasteiger partial charge in [-0.05, 0) is 54.2 Å². The zero-order chi connectivity index (χ0) is 27.1. The summed E-state index contributed by atoms with van der Waals surface area (Å²) in [5, 5.41) is 12.1.